The summed E-state index contributed by atoms with van der Waals surface area (Å²) in [5, 5.41) is 0. The Labute approximate surface area is 106 Å². The first-order valence-electron chi connectivity index (χ1n) is 6.01. The van der Waals surface area contributed by atoms with Crippen molar-refractivity contribution in [3.05, 3.63) is 30.5 Å². The van der Waals surface area contributed by atoms with Crippen LogP contribution >= 0.6 is 0 Å². The van der Waals surface area contributed by atoms with Crippen molar-refractivity contribution in [2.45, 2.75) is 19.8 Å². The van der Waals surface area contributed by atoms with Crippen molar-refractivity contribution in [1.29, 1.82) is 0 Å². The number of nitrogens with two attached hydrogens (primary N) is 1. The maximum atomic E-state index is 11.4. The van der Waals surface area contributed by atoms with E-state index in [1.807, 2.05) is 18.2 Å². The number of carbonyl (C=O) groups is 1. The molecule has 94 valence electrons. The average Bonchev–Trinajstić information content (AvgIpc) is 2.38. The van der Waals surface area contributed by atoms with Gasteiger partial charge in [-0.3, -0.25) is 9.88 Å². The molecule has 0 aromatic carbocycles. The van der Waals surface area contributed by atoms with E-state index in [1.54, 1.807) is 12.3 Å². The van der Waals surface area contributed by atoms with Gasteiger partial charge in [-0.1, -0.05) is 13.3 Å². The van der Waals surface area contributed by atoms with Crippen LogP contribution in [0.3, 0.4) is 0 Å². The van der Waals surface area contributed by atoms with E-state index in [1.165, 1.54) is 4.90 Å². The Morgan fingerprint density at radius 1 is 1.33 bits per heavy atom. The maximum absolute atomic E-state index is 11.4. The Balaban J connectivity index is 2.35. The fourth-order valence-electron chi connectivity index (χ4n) is 1.75. The second-order valence-electron chi connectivity index (χ2n) is 4.05. The molecule has 2 rings (SSSR count). The van der Waals surface area contributed by atoms with Gasteiger partial charge < -0.3 is 5.73 Å². The summed E-state index contributed by atoms with van der Waals surface area (Å²) in [4.78, 5) is 21.5. The molecule has 0 aliphatic heterocycles. The molecule has 2 aromatic heterocycles. The van der Waals surface area contributed by atoms with Crippen molar-refractivity contribution < 1.29 is 4.79 Å². The van der Waals surface area contributed by atoms with Crippen molar-refractivity contribution in [3.8, 4) is 0 Å². The van der Waals surface area contributed by atoms with E-state index in [2.05, 4.69) is 16.9 Å². The molecule has 0 radical (unpaired) electrons. The summed E-state index contributed by atoms with van der Waals surface area (Å²) in [7, 11) is 0. The van der Waals surface area contributed by atoms with Gasteiger partial charge in [-0.25, -0.2) is 9.78 Å². The molecule has 0 atom stereocenters. The van der Waals surface area contributed by atoms with Gasteiger partial charge >= 0.3 is 6.03 Å². The summed E-state index contributed by atoms with van der Waals surface area (Å²) in [6.07, 6.45) is 3.61. The zero-order chi connectivity index (χ0) is 13.0. The molecule has 2 amide bonds. The number of rotatable bonds is 4. The third-order valence-corrected chi connectivity index (χ3v) is 2.72. The number of carbonyl (C=O) groups excluding carboxylic acids is 1. The topological polar surface area (TPSA) is 72.1 Å². The van der Waals surface area contributed by atoms with Gasteiger partial charge in [0.2, 0.25) is 0 Å². The van der Waals surface area contributed by atoms with Gasteiger partial charge in [0.25, 0.3) is 0 Å². The highest BCUT2D eigenvalue weighted by atomic mass is 16.2. The summed E-state index contributed by atoms with van der Waals surface area (Å²) in [6.45, 7) is 2.65. The van der Waals surface area contributed by atoms with Gasteiger partial charge in [-0.2, -0.15) is 0 Å². The Morgan fingerprint density at radius 3 is 2.89 bits per heavy atom. The van der Waals surface area contributed by atoms with E-state index < -0.39 is 6.03 Å². The standard InChI is InChI=1S/C13H16N4O/c1-2-3-9-17(13(14)18)12-7-6-10-11(16-12)5-4-8-15-10/h4-8H,2-3,9H2,1H3,(H2,14,18). The van der Waals surface area contributed by atoms with Crippen LogP contribution in [-0.4, -0.2) is 22.5 Å². The Bertz CT molecular complexity index is 555. The minimum atomic E-state index is -0.473. The van der Waals surface area contributed by atoms with Crippen molar-refractivity contribution >= 4 is 22.9 Å². The molecule has 0 bridgehead atoms. The maximum Gasteiger partial charge on any atom is 0.320 e. The highest BCUT2D eigenvalue weighted by Gasteiger charge is 2.13. The minimum absolute atomic E-state index is 0.473. The molecule has 0 aliphatic rings. The predicted octanol–water partition coefficient (Wildman–Crippen LogP) is 2.32. The van der Waals surface area contributed by atoms with Gasteiger partial charge in [0.1, 0.15) is 5.82 Å². The number of fused-ring (bicyclic) bond motifs is 1. The van der Waals surface area contributed by atoms with E-state index in [9.17, 15) is 4.79 Å². The zero-order valence-corrected chi connectivity index (χ0v) is 10.3. The van der Waals surface area contributed by atoms with Crippen LogP contribution in [0.2, 0.25) is 0 Å². The van der Waals surface area contributed by atoms with Crippen molar-refractivity contribution in [1.82, 2.24) is 9.97 Å². The summed E-state index contributed by atoms with van der Waals surface area (Å²) in [5.41, 5.74) is 6.95. The van der Waals surface area contributed by atoms with E-state index in [0.29, 0.717) is 12.4 Å². The number of anilines is 1. The number of urea groups is 1. The molecule has 2 N–H and O–H groups in total. The van der Waals surface area contributed by atoms with Crippen LogP contribution < -0.4 is 10.6 Å². The lowest BCUT2D eigenvalue weighted by Gasteiger charge is -2.19. The number of primary amides is 1. The molecule has 5 nitrogen and oxygen atoms in total. The van der Waals surface area contributed by atoms with E-state index in [0.717, 1.165) is 23.9 Å². The van der Waals surface area contributed by atoms with Gasteiger partial charge in [0.05, 0.1) is 11.0 Å². The first-order valence-corrected chi connectivity index (χ1v) is 6.01. The number of pyridine rings is 2. The third-order valence-electron chi connectivity index (χ3n) is 2.72. The Morgan fingerprint density at radius 2 is 2.17 bits per heavy atom. The third kappa shape index (κ3) is 2.56. The van der Waals surface area contributed by atoms with E-state index >= 15 is 0 Å². The fraction of sp³-hybridized carbons (Fsp3) is 0.308. The van der Waals surface area contributed by atoms with Gasteiger partial charge in [0, 0.05) is 12.7 Å². The smallest absolute Gasteiger partial charge is 0.320 e. The van der Waals surface area contributed by atoms with Crippen LogP contribution in [0.4, 0.5) is 10.6 Å². The molecular formula is C13H16N4O. The SMILES string of the molecule is CCCCN(C(N)=O)c1ccc2ncccc2n1. The quantitative estimate of drug-likeness (QED) is 0.897. The number of unbranched alkanes of at least 4 members (excludes halogenated alkanes) is 1. The van der Waals surface area contributed by atoms with Crippen molar-refractivity contribution in [3.63, 3.8) is 0 Å². The Kier molecular flexibility index (Phi) is 3.72. The monoisotopic (exact) mass is 244 g/mol. The molecular weight excluding hydrogens is 228 g/mol. The lowest BCUT2D eigenvalue weighted by molar-refractivity contribution is 0.253. The van der Waals surface area contributed by atoms with Gasteiger partial charge in [-0.05, 0) is 30.7 Å². The van der Waals surface area contributed by atoms with E-state index in [-0.39, 0.29) is 0 Å². The van der Waals surface area contributed by atoms with Crippen LogP contribution in [0.15, 0.2) is 30.5 Å². The summed E-state index contributed by atoms with van der Waals surface area (Å²) in [6, 6.07) is 6.83. The first-order chi connectivity index (χ1) is 8.72. The van der Waals surface area contributed by atoms with Crippen LogP contribution in [0, 0.1) is 0 Å². The molecule has 0 unspecified atom stereocenters. The average molecular weight is 244 g/mol. The normalized spacial score (nSPS) is 10.5. The molecule has 0 saturated carbocycles. The largest absolute Gasteiger partial charge is 0.351 e. The van der Waals surface area contributed by atoms with Crippen molar-refractivity contribution in [2.24, 2.45) is 5.73 Å². The highest BCUT2D eigenvalue weighted by molar-refractivity contribution is 5.90. The number of hydrogen-bond donors (Lipinski definition) is 1. The molecule has 5 heteroatoms. The summed E-state index contributed by atoms with van der Waals surface area (Å²) < 4.78 is 0. The number of amides is 2. The van der Waals surface area contributed by atoms with Gasteiger partial charge in [-0.15, -0.1) is 0 Å². The van der Waals surface area contributed by atoms with Gasteiger partial charge in [0.15, 0.2) is 0 Å². The number of aromatic nitrogens is 2. The second kappa shape index (κ2) is 5.44. The number of hydrogen-bond acceptors (Lipinski definition) is 3. The van der Waals surface area contributed by atoms with Crippen LogP contribution in [0.25, 0.3) is 11.0 Å². The molecule has 0 fully saturated rings. The van der Waals surface area contributed by atoms with Crippen LogP contribution in [-0.2, 0) is 0 Å². The molecule has 0 spiro atoms. The highest BCUT2D eigenvalue weighted by Crippen LogP contribution is 2.16. The lowest BCUT2D eigenvalue weighted by Crippen LogP contribution is -2.37. The lowest BCUT2D eigenvalue weighted by atomic mass is 10.3. The minimum Gasteiger partial charge on any atom is -0.351 e. The second-order valence-corrected chi connectivity index (χ2v) is 4.05. The van der Waals surface area contributed by atoms with E-state index in [4.69, 9.17) is 5.73 Å². The molecule has 2 aromatic rings. The van der Waals surface area contributed by atoms with Crippen LogP contribution in [0.1, 0.15) is 19.8 Å². The molecule has 0 saturated heterocycles. The first kappa shape index (κ1) is 12.3. The summed E-state index contributed by atoms with van der Waals surface area (Å²) >= 11 is 0. The molecule has 0 aliphatic carbocycles. The van der Waals surface area contributed by atoms with Crippen LogP contribution in [0.5, 0.6) is 0 Å². The van der Waals surface area contributed by atoms with Crippen molar-refractivity contribution in [2.75, 3.05) is 11.4 Å². The molecule has 2 heterocycles. The predicted molar refractivity (Wildman–Crippen MR) is 71.4 cm³/mol. The summed E-state index contributed by atoms with van der Waals surface area (Å²) in [5.74, 6) is 0.580. The number of nitrogens with zero attached hydrogens (tertiary/aromatic N) is 3. The molecule has 18 heavy (non-hydrogen) atoms. The fourth-order valence-corrected chi connectivity index (χ4v) is 1.75. The Hall–Kier alpha value is -2.17. The zero-order valence-electron chi connectivity index (χ0n) is 10.3.